The Morgan fingerprint density at radius 3 is 2.10 bits per heavy atom. The van der Waals surface area contributed by atoms with Crippen LogP contribution in [0.2, 0.25) is 5.02 Å². The van der Waals surface area contributed by atoms with Crippen molar-refractivity contribution in [3.8, 4) is 0 Å². The summed E-state index contributed by atoms with van der Waals surface area (Å²) < 4.78 is 2.23. The standard InChI is InChI=1S/C23H30ClN3O2/c1-16-14-20(17(2)27(16)23(3,4)5)21(28)15-25-10-12-26(13-11-25)22(29)18-6-8-19(24)9-7-18/h6-9,14H,10-13,15H2,1-5H3. The molecule has 3 rings (SSSR count). The van der Waals surface area contributed by atoms with E-state index in [4.69, 9.17) is 11.6 Å². The van der Waals surface area contributed by atoms with Crippen LogP contribution in [0.5, 0.6) is 0 Å². The van der Waals surface area contributed by atoms with E-state index in [-0.39, 0.29) is 17.2 Å². The van der Waals surface area contributed by atoms with Crippen LogP contribution in [0, 0.1) is 13.8 Å². The molecule has 1 aromatic heterocycles. The van der Waals surface area contributed by atoms with E-state index in [0.29, 0.717) is 43.3 Å². The number of nitrogens with zero attached hydrogens (tertiary/aromatic N) is 3. The number of ketones is 1. The Morgan fingerprint density at radius 2 is 1.59 bits per heavy atom. The molecule has 1 saturated heterocycles. The maximum atomic E-state index is 12.9. The summed E-state index contributed by atoms with van der Waals surface area (Å²) >= 11 is 5.90. The monoisotopic (exact) mass is 415 g/mol. The predicted molar refractivity (Wildman–Crippen MR) is 117 cm³/mol. The largest absolute Gasteiger partial charge is 0.343 e. The molecule has 0 unspecified atom stereocenters. The molecule has 0 atom stereocenters. The number of aryl methyl sites for hydroxylation is 1. The van der Waals surface area contributed by atoms with Crippen LogP contribution < -0.4 is 0 Å². The van der Waals surface area contributed by atoms with Gasteiger partial charge in [0.05, 0.1) is 6.54 Å². The molecule has 0 saturated carbocycles. The molecule has 156 valence electrons. The van der Waals surface area contributed by atoms with Crippen molar-refractivity contribution in [3.63, 3.8) is 0 Å². The van der Waals surface area contributed by atoms with E-state index in [0.717, 1.165) is 17.0 Å². The van der Waals surface area contributed by atoms with Gasteiger partial charge in [-0.3, -0.25) is 14.5 Å². The first-order valence-electron chi connectivity index (χ1n) is 10.1. The van der Waals surface area contributed by atoms with Crippen molar-refractivity contribution in [2.45, 2.75) is 40.2 Å². The number of rotatable bonds is 4. The van der Waals surface area contributed by atoms with Crippen LogP contribution in [-0.2, 0) is 5.54 Å². The molecule has 1 aromatic carbocycles. The Bertz CT molecular complexity index is 901. The molecule has 1 aliphatic rings. The Hall–Kier alpha value is -2.11. The average Bonchev–Trinajstić information content (AvgIpc) is 2.97. The maximum Gasteiger partial charge on any atom is 0.253 e. The van der Waals surface area contributed by atoms with Gasteiger partial charge in [0.15, 0.2) is 5.78 Å². The quantitative estimate of drug-likeness (QED) is 0.704. The summed E-state index contributed by atoms with van der Waals surface area (Å²) in [7, 11) is 0. The van der Waals surface area contributed by atoms with Gasteiger partial charge in [0.25, 0.3) is 5.91 Å². The second kappa shape index (κ2) is 8.33. The van der Waals surface area contributed by atoms with E-state index < -0.39 is 0 Å². The number of piperazine rings is 1. The van der Waals surface area contributed by atoms with Crippen LogP contribution in [0.1, 0.15) is 52.9 Å². The highest BCUT2D eigenvalue weighted by molar-refractivity contribution is 6.30. The zero-order valence-corrected chi connectivity index (χ0v) is 18.7. The molecular formula is C23H30ClN3O2. The van der Waals surface area contributed by atoms with Crippen LogP contribution in [0.15, 0.2) is 30.3 Å². The van der Waals surface area contributed by atoms with Gasteiger partial charge in [0.1, 0.15) is 0 Å². The zero-order valence-electron chi connectivity index (χ0n) is 18.0. The fourth-order valence-corrected chi connectivity index (χ4v) is 4.38. The smallest absolute Gasteiger partial charge is 0.253 e. The number of halogens is 1. The molecule has 1 fully saturated rings. The number of benzene rings is 1. The van der Waals surface area contributed by atoms with E-state index in [1.54, 1.807) is 24.3 Å². The Morgan fingerprint density at radius 1 is 1.00 bits per heavy atom. The topological polar surface area (TPSA) is 45.6 Å². The number of hydrogen-bond donors (Lipinski definition) is 0. The molecular weight excluding hydrogens is 386 g/mol. The van der Waals surface area contributed by atoms with Gasteiger partial charge < -0.3 is 9.47 Å². The van der Waals surface area contributed by atoms with E-state index in [9.17, 15) is 9.59 Å². The summed E-state index contributed by atoms with van der Waals surface area (Å²) in [4.78, 5) is 29.6. The first kappa shape index (κ1) is 21.6. The van der Waals surface area contributed by atoms with E-state index in [1.807, 2.05) is 17.9 Å². The van der Waals surface area contributed by atoms with Gasteiger partial charge in [-0.1, -0.05) is 11.6 Å². The second-order valence-corrected chi connectivity index (χ2v) is 9.23. The zero-order chi connectivity index (χ0) is 21.3. The summed E-state index contributed by atoms with van der Waals surface area (Å²) in [5.41, 5.74) is 3.53. The molecule has 1 amide bonds. The minimum Gasteiger partial charge on any atom is -0.343 e. The van der Waals surface area contributed by atoms with Gasteiger partial charge in [0, 0.05) is 59.3 Å². The van der Waals surface area contributed by atoms with Crippen molar-refractivity contribution in [3.05, 3.63) is 57.9 Å². The Balaban J connectivity index is 1.60. The fourth-order valence-electron chi connectivity index (χ4n) is 4.25. The van der Waals surface area contributed by atoms with Crippen LogP contribution in [0.4, 0.5) is 0 Å². The number of aromatic nitrogens is 1. The van der Waals surface area contributed by atoms with E-state index >= 15 is 0 Å². The SMILES string of the molecule is Cc1cc(C(=O)CN2CCN(C(=O)c3ccc(Cl)cc3)CC2)c(C)n1C(C)(C)C. The van der Waals surface area contributed by atoms with E-state index in [2.05, 4.69) is 37.2 Å². The van der Waals surface area contributed by atoms with Crippen molar-refractivity contribution in [2.75, 3.05) is 32.7 Å². The van der Waals surface area contributed by atoms with Crippen molar-refractivity contribution in [2.24, 2.45) is 0 Å². The summed E-state index contributed by atoms with van der Waals surface area (Å²) in [5.74, 6) is 0.160. The highest BCUT2D eigenvalue weighted by Crippen LogP contribution is 2.25. The Kier molecular flexibility index (Phi) is 6.20. The normalized spacial score (nSPS) is 15.6. The highest BCUT2D eigenvalue weighted by atomic mass is 35.5. The van der Waals surface area contributed by atoms with Gasteiger partial charge >= 0.3 is 0 Å². The lowest BCUT2D eigenvalue weighted by Crippen LogP contribution is -2.49. The molecule has 1 aliphatic heterocycles. The van der Waals surface area contributed by atoms with Crippen molar-refractivity contribution in [1.29, 1.82) is 0 Å². The molecule has 2 heterocycles. The molecule has 5 nitrogen and oxygen atoms in total. The van der Waals surface area contributed by atoms with E-state index in [1.165, 1.54) is 0 Å². The van der Waals surface area contributed by atoms with Gasteiger partial charge in [0.2, 0.25) is 0 Å². The van der Waals surface area contributed by atoms with Crippen LogP contribution >= 0.6 is 11.6 Å². The summed E-state index contributed by atoms with van der Waals surface area (Å²) in [6.07, 6.45) is 0. The molecule has 0 bridgehead atoms. The lowest BCUT2D eigenvalue weighted by Gasteiger charge is -2.34. The first-order valence-corrected chi connectivity index (χ1v) is 10.5. The summed E-state index contributed by atoms with van der Waals surface area (Å²) in [6.45, 7) is 13.5. The molecule has 0 spiro atoms. The minimum absolute atomic E-state index is 0.0152. The third kappa shape index (κ3) is 4.73. The van der Waals surface area contributed by atoms with Gasteiger partial charge in [-0.2, -0.15) is 0 Å². The average molecular weight is 416 g/mol. The molecule has 0 radical (unpaired) electrons. The van der Waals surface area contributed by atoms with Crippen LogP contribution in [0.3, 0.4) is 0 Å². The van der Waals surface area contributed by atoms with Gasteiger partial charge in [-0.05, 0) is 65.0 Å². The predicted octanol–water partition coefficient (Wildman–Crippen LogP) is 4.15. The maximum absolute atomic E-state index is 12.9. The highest BCUT2D eigenvalue weighted by Gasteiger charge is 2.26. The Labute approximate surface area is 178 Å². The first-order chi connectivity index (χ1) is 13.6. The molecule has 6 heteroatoms. The number of carbonyl (C=O) groups excluding carboxylic acids is 2. The lowest BCUT2D eigenvalue weighted by atomic mass is 10.1. The second-order valence-electron chi connectivity index (χ2n) is 8.79. The number of Topliss-reactive ketones (excluding diaryl/α,β-unsaturated/α-hetero) is 1. The molecule has 0 aliphatic carbocycles. The number of amides is 1. The van der Waals surface area contributed by atoms with Gasteiger partial charge in [-0.15, -0.1) is 0 Å². The van der Waals surface area contributed by atoms with Crippen molar-refractivity contribution >= 4 is 23.3 Å². The third-order valence-corrected chi connectivity index (χ3v) is 5.77. The molecule has 2 aromatic rings. The van der Waals surface area contributed by atoms with Crippen molar-refractivity contribution < 1.29 is 9.59 Å². The van der Waals surface area contributed by atoms with Crippen LogP contribution in [-0.4, -0.2) is 58.8 Å². The van der Waals surface area contributed by atoms with Gasteiger partial charge in [-0.25, -0.2) is 0 Å². The lowest BCUT2D eigenvalue weighted by molar-refractivity contribution is 0.0624. The third-order valence-electron chi connectivity index (χ3n) is 5.52. The van der Waals surface area contributed by atoms with Crippen molar-refractivity contribution in [1.82, 2.24) is 14.4 Å². The number of carbonyl (C=O) groups is 2. The minimum atomic E-state index is -0.0552. The summed E-state index contributed by atoms with van der Waals surface area (Å²) in [6, 6.07) is 8.98. The molecule has 0 N–H and O–H groups in total. The van der Waals surface area contributed by atoms with Crippen LogP contribution in [0.25, 0.3) is 0 Å². The fraction of sp³-hybridized carbons (Fsp3) is 0.478. The summed E-state index contributed by atoms with van der Waals surface area (Å²) in [5, 5.41) is 0.621. The number of hydrogen-bond acceptors (Lipinski definition) is 3. The molecule has 29 heavy (non-hydrogen) atoms.